The van der Waals surface area contributed by atoms with Crippen molar-refractivity contribution in [2.45, 2.75) is 62.7 Å². The van der Waals surface area contributed by atoms with Gasteiger partial charge in [-0.25, -0.2) is 0 Å². The summed E-state index contributed by atoms with van der Waals surface area (Å²) in [5.41, 5.74) is 15.3. The van der Waals surface area contributed by atoms with E-state index in [2.05, 4.69) is 179 Å². The maximum atomic E-state index is 2.58. The maximum Gasteiger partial charge on any atom is 0.00684 e. The molecule has 0 bridgehead atoms. The molecule has 0 heteroatoms. The van der Waals surface area contributed by atoms with E-state index in [1.54, 1.807) is 0 Å². The standard InChI is InChI=1S/C46H42/c1-44(2)41-18-12-11-17-39(41)40-28-25-37(29-42(40)45(44,3)4)43-31-46(43,38-26-23-36(24-27-38)34-15-9-6-10-16-34)30-32-19-21-35(22-20-32)33-13-7-5-8-14-33/h5-29,43H,30-31H2,1-4H3. The lowest BCUT2D eigenvalue weighted by Crippen LogP contribution is -2.43. The van der Waals surface area contributed by atoms with Crippen LogP contribution in [0.3, 0.4) is 0 Å². The van der Waals surface area contributed by atoms with Crippen LogP contribution in [0.15, 0.2) is 152 Å². The third-order valence-corrected chi connectivity index (χ3v) is 11.8. The van der Waals surface area contributed by atoms with Crippen molar-refractivity contribution >= 4 is 0 Å². The summed E-state index contributed by atoms with van der Waals surface area (Å²) >= 11 is 0. The van der Waals surface area contributed by atoms with Crippen LogP contribution >= 0.6 is 0 Å². The van der Waals surface area contributed by atoms with Crippen LogP contribution in [0.4, 0.5) is 0 Å². The van der Waals surface area contributed by atoms with E-state index in [9.17, 15) is 0 Å². The molecule has 2 aliphatic carbocycles. The minimum Gasteiger partial charge on any atom is -0.0622 e. The molecule has 8 rings (SSSR count). The number of fused-ring (bicyclic) bond motifs is 3. The Kier molecular flexibility index (Phi) is 6.69. The molecule has 0 radical (unpaired) electrons. The quantitative estimate of drug-likeness (QED) is 0.180. The highest BCUT2D eigenvalue weighted by Crippen LogP contribution is 2.63. The molecule has 2 atom stereocenters. The molecule has 0 N–H and O–H groups in total. The van der Waals surface area contributed by atoms with Crippen LogP contribution in [0, 0.1) is 0 Å². The van der Waals surface area contributed by atoms with Gasteiger partial charge in [0.1, 0.15) is 0 Å². The Morgan fingerprint density at radius 2 is 0.978 bits per heavy atom. The van der Waals surface area contributed by atoms with Crippen LogP contribution in [0.2, 0.25) is 0 Å². The fourth-order valence-electron chi connectivity index (χ4n) is 8.26. The van der Waals surface area contributed by atoms with Crippen LogP contribution in [0.1, 0.15) is 67.9 Å². The highest BCUT2D eigenvalue weighted by Gasteiger charge is 2.56. The van der Waals surface area contributed by atoms with Crippen molar-refractivity contribution in [2.75, 3.05) is 0 Å². The van der Waals surface area contributed by atoms with E-state index < -0.39 is 0 Å². The zero-order valence-corrected chi connectivity index (χ0v) is 27.4. The maximum absolute atomic E-state index is 2.58. The first-order valence-electron chi connectivity index (χ1n) is 16.8. The summed E-state index contributed by atoms with van der Waals surface area (Å²) in [7, 11) is 0. The van der Waals surface area contributed by atoms with Gasteiger partial charge in [-0.1, -0.05) is 179 Å². The minimum absolute atomic E-state index is 0.00878. The Labute approximate surface area is 274 Å². The van der Waals surface area contributed by atoms with Crippen molar-refractivity contribution in [3.8, 4) is 33.4 Å². The smallest absolute Gasteiger partial charge is 0.00684 e. The summed E-state index contributed by atoms with van der Waals surface area (Å²) in [5, 5.41) is 0. The Hall–Kier alpha value is -4.68. The number of hydrogen-bond donors (Lipinski definition) is 0. The van der Waals surface area contributed by atoms with Gasteiger partial charge in [0.05, 0.1) is 0 Å². The first-order valence-corrected chi connectivity index (χ1v) is 16.8. The molecular weight excluding hydrogens is 553 g/mol. The summed E-state index contributed by atoms with van der Waals surface area (Å²) in [4.78, 5) is 0. The summed E-state index contributed by atoms with van der Waals surface area (Å²) in [5.74, 6) is 0.477. The number of hydrogen-bond acceptors (Lipinski definition) is 0. The van der Waals surface area contributed by atoms with Crippen molar-refractivity contribution in [2.24, 2.45) is 0 Å². The second-order valence-electron chi connectivity index (χ2n) is 14.7. The summed E-state index contributed by atoms with van der Waals surface area (Å²) in [6.07, 6.45) is 2.20. The molecule has 6 aromatic carbocycles. The van der Waals surface area contributed by atoms with E-state index in [0.29, 0.717) is 5.92 Å². The third-order valence-electron chi connectivity index (χ3n) is 11.8. The average molecular weight is 595 g/mol. The highest BCUT2D eigenvalue weighted by atomic mass is 14.6. The average Bonchev–Trinajstić information content (AvgIpc) is 3.83. The normalized spacial score (nSPS) is 20.4. The van der Waals surface area contributed by atoms with Gasteiger partial charge < -0.3 is 0 Å². The van der Waals surface area contributed by atoms with Crippen molar-refractivity contribution in [1.82, 2.24) is 0 Å². The van der Waals surface area contributed by atoms with Gasteiger partial charge in [-0.15, -0.1) is 0 Å². The van der Waals surface area contributed by atoms with E-state index in [1.807, 2.05) is 0 Å². The molecule has 0 spiro atoms. The van der Waals surface area contributed by atoms with Gasteiger partial charge in [0.2, 0.25) is 0 Å². The molecule has 2 aliphatic rings. The van der Waals surface area contributed by atoms with E-state index in [0.717, 1.165) is 12.8 Å². The van der Waals surface area contributed by atoms with Crippen LogP contribution < -0.4 is 0 Å². The van der Waals surface area contributed by atoms with Gasteiger partial charge in [0, 0.05) is 5.41 Å². The highest BCUT2D eigenvalue weighted by molar-refractivity contribution is 5.78. The molecule has 0 nitrogen and oxygen atoms in total. The number of rotatable bonds is 6. The predicted octanol–water partition coefficient (Wildman–Crippen LogP) is 11.9. The van der Waals surface area contributed by atoms with Crippen molar-refractivity contribution in [3.63, 3.8) is 0 Å². The van der Waals surface area contributed by atoms with Gasteiger partial charge in [-0.3, -0.25) is 0 Å². The lowest BCUT2D eigenvalue weighted by Gasteiger charge is -2.48. The van der Waals surface area contributed by atoms with Gasteiger partial charge >= 0.3 is 0 Å². The fraction of sp³-hybridized carbons (Fsp3) is 0.217. The molecule has 0 aliphatic heterocycles. The third kappa shape index (κ3) is 4.58. The van der Waals surface area contributed by atoms with Crippen molar-refractivity contribution < 1.29 is 0 Å². The van der Waals surface area contributed by atoms with E-state index in [1.165, 1.54) is 61.2 Å². The summed E-state index contributed by atoms with van der Waals surface area (Å²) in [6, 6.07) is 56.7. The molecular formula is C46H42. The first kappa shape index (κ1) is 28.8. The fourth-order valence-corrected chi connectivity index (χ4v) is 8.26. The Balaban J connectivity index is 1.19. The van der Waals surface area contributed by atoms with Crippen LogP contribution in [0.5, 0.6) is 0 Å². The lowest BCUT2D eigenvalue weighted by atomic mass is 9.55. The molecule has 0 heterocycles. The van der Waals surface area contributed by atoms with Crippen LogP contribution in [0.25, 0.3) is 33.4 Å². The molecule has 0 saturated heterocycles. The predicted molar refractivity (Wildman–Crippen MR) is 194 cm³/mol. The second kappa shape index (κ2) is 10.7. The summed E-state index contributed by atoms with van der Waals surface area (Å²) in [6.45, 7) is 9.75. The second-order valence-corrected chi connectivity index (χ2v) is 14.7. The molecule has 0 amide bonds. The molecule has 226 valence electrons. The van der Waals surface area contributed by atoms with E-state index in [-0.39, 0.29) is 16.2 Å². The SMILES string of the molecule is CC1(C)c2ccccc2-c2ccc(C3CC3(Cc3ccc(-c4ccccc4)cc3)c3ccc(-c4ccccc4)cc3)cc2C1(C)C. The van der Waals surface area contributed by atoms with Gasteiger partial charge in [-0.2, -0.15) is 0 Å². The Morgan fingerprint density at radius 3 is 1.61 bits per heavy atom. The first-order chi connectivity index (χ1) is 22.3. The molecule has 2 unspecified atom stereocenters. The zero-order valence-electron chi connectivity index (χ0n) is 27.4. The monoisotopic (exact) mass is 594 g/mol. The van der Waals surface area contributed by atoms with Gasteiger partial charge in [0.15, 0.2) is 0 Å². The molecule has 6 aromatic rings. The van der Waals surface area contributed by atoms with Crippen molar-refractivity contribution in [1.29, 1.82) is 0 Å². The lowest BCUT2D eigenvalue weighted by molar-refractivity contribution is 0.299. The zero-order chi connectivity index (χ0) is 31.5. The van der Waals surface area contributed by atoms with Crippen molar-refractivity contribution in [3.05, 3.63) is 179 Å². The molecule has 1 fully saturated rings. The molecule has 0 aromatic heterocycles. The van der Waals surface area contributed by atoms with E-state index >= 15 is 0 Å². The minimum atomic E-state index is 0.00878. The van der Waals surface area contributed by atoms with Crippen LogP contribution in [-0.2, 0) is 22.7 Å². The van der Waals surface area contributed by atoms with Crippen LogP contribution in [-0.4, -0.2) is 0 Å². The molecule has 46 heavy (non-hydrogen) atoms. The summed E-state index contributed by atoms with van der Waals surface area (Å²) < 4.78 is 0. The molecule has 1 saturated carbocycles. The largest absolute Gasteiger partial charge is 0.0622 e. The van der Waals surface area contributed by atoms with E-state index in [4.69, 9.17) is 0 Å². The Bertz CT molecular complexity index is 2010. The van der Waals surface area contributed by atoms with Gasteiger partial charge in [0.25, 0.3) is 0 Å². The van der Waals surface area contributed by atoms with Gasteiger partial charge in [-0.05, 0) is 90.8 Å². The topological polar surface area (TPSA) is 0 Å². The number of benzene rings is 6. The Morgan fingerprint density at radius 1 is 0.478 bits per heavy atom.